The fraction of sp³-hybridized carbons (Fsp3) is 0.750. The highest BCUT2D eigenvalue weighted by molar-refractivity contribution is 5.78. The van der Waals surface area contributed by atoms with Gasteiger partial charge in [0.25, 0.3) is 0 Å². The van der Waals surface area contributed by atoms with Gasteiger partial charge in [-0.25, -0.2) is 0 Å². The lowest BCUT2D eigenvalue weighted by Crippen LogP contribution is -2.41. The maximum Gasteiger partial charge on any atom is 0.226 e. The van der Waals surface area contributed by atoms with Crippen LogP contribution < -0.4 is 0 Å². The van der Waals surface area contributed by atoms with Crippen LogP contribution in [0.4, 0.5) is 0 Å². The van der Waals surface area contributed by atoms with Crippen LogP contribution in [0.3, 0.4) is 0 Å². The van der Waals surface area contributed by atoms with Gasteiger partial charge in [0.2, 0.25) is 5.91 Å². The number of rotatable bonds is 4. The molecule has 0 saturated carbocycles. The van der Waals surface area contributed by atoms with Gasteiger partial charge in [0.15, 0.2) is 0 Å². The van der Waals surface area contributed by atoms with E-state index in [4.69, 9.17) is 0 Å². The van der Waals surface area contributed by atoms with Gasteiger partial charge in [0.1, 0.15) is 0 Å². The fourth-order valence-electron chi connectivity index (χ4n) is 2.14. The minimum absolute atomic E-state index is 0.224. The second-order valence-electron chi connectivity index (χ2n) is 4.18. The third kappa shape index (κ3) is 2.81. The Morgan fingerprint density at radius 1 is 1.53 bits per heavy atom. The zero-order valence-corrected chi connectivity index (χ0v) is 10.2. The molecule has 0 spiro atoms. The molecule has 0 saturated heterocycles. The molecular formula is C12H22N2O. The molecule has 0 bridgehead atoms. The molecular weight excluding hydrogens is 188 g/mol. The molecule has 0 aliphatic carbocycles. The van der Waals surface area contributed by atoms with Gasteiger partial charge in [0, 0.05) is 31.6 Å². The van der Waals surface area contributed by atoms with E-state index in [0.717, 1.165) is 13.1 Å². The highest BCUT2D eigenvalue weighted by Gasteiger charge is 2.25. The summed E-state index contributed by atoms with van der Waals surface area (Å²) in [4.78, 5) is 15.6. The van der Waals surface area contributed by atoms with Crippen molar-refractivity contribution < 1.29 is 4.79 Å². The predicted octanol–water partition coefficient (Wildman–Crippen LogP) is 1.71. The predicted molar refractivity (Wildman–Crippen MR) is 62.4 cm³/mol. The molecule has 0 radical (unpaired) electrons. The third-order valence-corrected chi connectivity index (χ3v) is 3.37. The number of hydrogen-bond acceptors (Lipinski definition) is 2. The Hall–Kier alpha value is -0.830. The number of hydrogen-bond donors (Lipinski definition) is 0. The van der Waals surface area contributed by atoms with E-state index in [1.165, 1.54) is 0 Å². The smallest absolute Gasteiger partial charge is 0.226 e. The summed E-state index contributed by atoms with van der Waals surface area (Å²) in [6.07, 6.45) is 4.70. The number of amides is 1. The number of nitrogens with zero attached hydrogens (tertiary/aromatic N) is 2. The lowest BCUT2D eigenvalue weighted by atomic mass is 9.93. The summed E-state index contributed by atoms with van der Waals surface area (Å²) in [5.41, 5.74) is 0. The molecule has 3 heteroatoms. The first-order valence-electron chi connectivity index (χ1n) is 5.78. The maximum atomic E-state index is 11.6. The molecule has 0 N–H and O–H groups in total. The fourth-order valence-corrected chi connectivity index (χ4v) is 2.14. The van der Waals surface area contributed by atoms with Crippen LogP contribution in [-0.4, -0.2) is 41.9 Å². The lowest BCUT2D eigenvalue weighted by Gasteiger charge is -2.34. The highest BCUT2D eigenvalue weighted by Crippen LogP contribution is 2.21. The number of carbonyl (C=O) groups excluding carboxylic acids is 1. The molecule has 1 rings (SSSR count). The zero-order chi connectivity index (χ0) is 11.4. The van der Waals surface area contributed by atoms with Crippen molar-refractivity contribution in [1.82, 2.24) is 9.80 Å². The Kier molecular flexibility index (Phi) is 4.33. The van der Waals surface area contributed by atoms with Crippen molar-refractivity contribution in [3.05, 3.63) is 12.3 Å². The Labute approximate surface area is 92.7 Å². The van der Waals surface area contributed by atoms with Gasteiger partial charge < -0.3 is 9.80 Å². The lowest BCUT2D eigenvalue weighted by molar-refractivity contribution is -0.129. The normalized spacial score (nSPS) is 23.7. The average molecular weight is 210 g/mol. The Bertz CT molecular complexity index is 246. The van der Waals surface area contributed by atoms with Gasteiger partial charge in [-0.15, -0.1) is 0 Å². The van der Waals surface area contributed by atoms with Gasteiger partial charge in [0.05, 0.1) is 0 Å². The molecule has 0 aromatic rings. The largest absolute Gasteiger partial charge is 0.322 e. The van der Waals surface area contributed by atoms with Crippen molar-refractivity contribution in [3.8, 4) is 0 Å². The van der Waals surface area contributed by atoms with Crippen LogP contribution >= 0.6 is 0 Å². The van der Waals surface area contributed by atoms with Gasteiger partial charge in [-0.3, -0.25) is 4.79 Å². The molecule has 0 aromatic heterocycles. The van der Waals surface area contributed by atoms with Crippen LogP contribution in [0.1, 0.15) is 27.2 Å². The van der Waals surface area contributed by atoms with Gasteiger partial charge >= 0.3 is 0 Å². The van der Waals surface area contributed by atoms with Crippen molar-refractivity contribution in [3.63, 3.8) is 0 Å². The van der Waals surface area contributed by atoms with Crippen LogP contribution in [0, 0.1) is 5.92 Å². The minimum atomic E-state index is 0.224. The Morgan fingerprint density at radius 3 is 2.60 bits per heavy atom. The van der Waals surface area contributed by atoms with E-state index < -0.39 is 0 Å². The second-order valence-corrected chi connectivity index (χ2v) is 4.18. The molecule has 1 heterocycles. The first kappa shape index (κ1) is 12.2. The summed E-state index contributed by atoms with van der Waals surface area (Å²) in [6.45, 7) is 8.64. The van der Waals surface area contributed by atoms with Gasteiger partial charge in [-0.2, -0.15) is 0 Å². The molecule has 86 valence electrons. The summed E-state index contributed by atoms with van der Waals surface area (Å²) in [7, 11) is 1.82. The monoisotopic (exact) mass is 210 g/mol. The van der Waals surface area contributed by atoms with Crippen molar-refractivity contribution in [2.75, 3.05) is 20.1 Å². The van der Waals surface area contributed by atoms with E-state index in [1.54, 1.807) is 4.90 Å². The standard InChI is InChI=1S/C12H22N2O/c1-5-14(6-2)10(3)11-7-8-13(4)12(15)9-11/h7-8,10-11H,5-6,9H2,1-4H3. The van der Waals surface area contributed by atoms with Crippen LogP contribution in [-0.2, 0) is 4.79 Å². The van der Waals surface area contributed by atoms with Gasteiger partial charge in [-0.1, -0.05) is 19.9 Å². The van der Waals surface area contributed by atoms with Crippen LogP contribution in [0.15, 0.2) is 12.3 Å². The molecule has 3 nitrogen and oxygen atoms in total. The van der Waals surface area contributed by atoms with Crippen LogP contribution in [0.25, 0.3) is 0 Å². The first-order valence-corrected chi connectivity index (χ1v) is 5.78. The second kappa shape index (κ2) is 5.31. The molecule has 2 unspecified atom stereocenters. The van der Waals surface area contributed by atoms with Crippen molar-refractivity contribution in [2.45, 2.75) is 33.2 Å². The molecule has 1 aliphatic rings. The molecule has 2 atom stereocenters. The van der Waals surface area contributed by atoms with E-state index in [-0.39, 0.29) is 5.91 Å². The minimum Gasteiger partial charge on any atom is -0.322 e. The summed E-state index contributed by atoms with van der Waals surface area (Å²) in [5, 5.41) is 0. The van der Waals surface area contributed by atoms with Crippen molar-refractivity contribution in [1.29, 1.82) is 0 Å². The van der Waals surface area contributed by atoms with Crippen molar-refractivity contribution >= 4 is 5.91 Å². The van der Waals surface area contributed by atoms with Crippen LogP contribution in [0.2, 0.25) is 0 Å². The zero-order valence-electron chi connectivity index (χ0n) is 10.2. The van der Waals surface area contributed by atoms with E-state index in [9.17, 15) is 4.79 Å². The van der Waals surface area contributed by atoms with E-state index in [1.807, 2.05) is 13.2 Å². The molecule has 15 heavy (non-hydrogen) atoms. The molecule has 1 aliphatic heterocycles. The highest BCUT2D eigenvalue weighted by atomic mass is 16.2. The quantitative estimate of drug-likeness (QED) is 0.705. The maximum absolute atomic E-state index is 11.6. The number of carbonyl (C=O) groups is 1. The van der Waals surface area contributed by atoms with Crippen molar-refractivity contribution in [2.24, 2.45) is 5.92 Å². The van der Waals surface area contributed by atoms with E-state index >= 15 is 0 Å². The molecule has 0 fully saturated rings. The SMILES string of the molecule is CCN(CC)C(C)C1C=CN(C)C(=O)C1. The van der Waals surface area contributed by atoms with Crippen LogP contribution in [0.5, 0.6) is 0 Å². The summed E-state index contributed by atoms with van der Waals surface area (Å²) in [6, 6.07) is 0.453. The molecule has 0 aromatic carbocycles. The van der Waals surface area contributed by atoms with Gasteiger partial charge in [-0.05, 0) is 20.0 Å². The van der Waals surface area contributed by atoms with E-state index in [2.05, 4.69) is 31.7 Å². The topological polar surface area (TPSA) is 23.6 Å². The summed E-state index contributed by atoms with van der Waals surface area (Å²) in [5.74, 6) is 0.593. The molecule has 1 amide bonds. The van der Waals surface area contributed by atoms with E-state index in [0.29, 0.717) is 18.4 Å². The summed E-state index contributed by atoms with van der Waals surface area (Å²) >= 11 is 0. The Morgan fingerprint density at radius 2 is 2.13 bits per heavy atom. The third-order valence-electron chi connectivity index (χ3n) is 3.37. The first-order chi connectivity index (χ1) is 7.10. The summed E-state index contributed by atoms with van der Waals surface area (Å²) < 4.78 is 0. The average Bonchev–Trinajstić information content (AvgIpc) is 2.23. The Balaban J connectivity index is 2.65.